The zero-order chi connectivity index (χ0) is 12.7. The van der Waals surface area contributed by atoms with Crippen LogP contribution < -0.4 is 5.73 Å². The maximum absolute atomic E-state index is 6.01. The van der Waals surface area contributed by atoms with Gasteiger partial charge in [0.1, 0.15) is 0 Å². The Kier molecular flexibility index (Phi) is 6.83. The van der Waals surface area contributed by atoms with E-state index in [1.54, 1.807) is 0 Å². The molecule has 0 saturated carbocycles. The van der Waals surface area contributed by atoms with E-state index in [4.69, 9.17) is 5.73 Å². The quantitative estimate of drug-likeness (QED) is 0.790. The summed E-state index contributed by atoms with van der Waals surface area (Å²) in [6.45, 7) is 4.38. The average molecular weight is 298 g/mol. The van der Waals surface area contributed by atoms with Gasteiger partial charge in [0.2, 0.25) is 0 Å². The van der Waals surface area contributed by atoms with Crippen LogP contribution in [0.25, 0.3) is 0 Å². The highest BCUT2D eigenvalue weighted by atomic mass is 79.9. The van der Waals surface area contributed by atoms with Crippen LogP contribution in [0.2, 0.25) is 0 Å². The van der Waals surface area contributed by atoms with Crippen molar-refractivity contribution in [2.45, 2.75) is 58.4 Å². The first-order chi connectivity index (χ1) is 8.17. The molecule has 0 heterocycles. The van der Waals surface area contributed by atoms with E-state index in [2.05, 4.69) is 48.0 Å². The second-order valence-corrected chi connectivity index (χ2v) is 5.57. The molecule has 1 unspecified atom stereocenters. The van der Waals surface area contributed by atoms with Crippen LogP contribution in [0.5, 0.6) is 0 Å². The Morgan fingerprint density at radius 2 is 2.00 bits per heavy atom. The fraction of sp³-hybridized carbons (Fsp3) is 0.600. The predicted octanol–water partition coefficient (Wildman–Crippen LogP) is 4.46. The molecule has 96 valence electrons. The molecule has 0 fully saturated rings. The molecule has 1 nitrogen and oxygen atoms in total. The van der Waals surface area contributed by atoms with Crippen molar-refractivity contribution in [2.75, 3.05) is 0 Å². The fourth-order valence-electron chi connectivity index (χ4n) is 2.12. The lowest BCUT2D eigenvalue weighted by Gasteiger charge is -2.10. The number of hydrogen-bond donors (Lipinski definition) is 1. The van der Waals surface area contributed by atoms with Gasteiger partial charge in [-0.05, 0) is 49.3 Å². The largest absolute Gasteiger partial charge is 0.328 e. The average Bonchev–Trinajstić information content (AvgIpc) is 2.29. The van der Waals surface area contributed by atoms with Gasteiger partial charge in [0.05, 0.1) is 0 Å². The van der Waals surface area contributed by atoms with Crippen LogP contribution in [0.4, 0.5) is 0 Å². The third-order valence-corrected chi connectivity index (χ3v) is 3.94. The summed E-state index contributed by atoms with van der Waals surface area (Å²) >= 11 is 3.63. The lowest BCUT2D eigenvalue weighted by atomic mass is 10.0. The third-order valence-electron chi connectivity index (χ3n) is 3.20. The molecule has 0 saturated heterocycles. The van der Waals surface area contributed by atoms with Crippen LogP contribution in [-0.4, -0.2) is 6.04 Å². The first-order valence-corrected chi connectivity index (χ1v) is 7.49. The Morgan fingerprint density at radius 1 is 1.24 bits per heavy atom. The summed E-state index contributed by atoms with van der Waals surface area (Å²) in [6.07, 6.45) is 6.90. The van der Waals surface area contributed by atoms with E-state index in [9.17, 15) is 0 Å². The number of nitrogens with two attached hydrogens (primary N) is 1. The molecule has 0 aliphatic carbocycles. The summed E-state index contributed by atoms with van der Waals surface area (Å²) in [5.74, 6) is 0. The number of rotatable bonds is 7. The van der Waals surface area contributed by atoms with Crippen LogP contribution in [0, 0.1) is 0 Å². The van der Waals surface area contributed by atoms with Gasteiger partial charge in [0, 0.05) is 10.5 Å². The molecule has 17 heavy (non-hydrogen) atoms. The van der Waals surface area contributed by atoms with Crippen LogP contribution in [0.3, 0.4) is 0 Å². The van der Waals surface area contributed by atoms with E-state index >= 15 is 0 Å². The van der Waals surface area contributed by atoms with Gasteiger partial charge in [-0.15, -0.1) is 0 Å². The van der Waals surface area contributed by atoms with Gasteiger partial charge >= 0.3 is 0 Å². The van der Waals surface area contributed by atoms with Gasteiger partial charge in [-0.3, -0.25) is 0 Å². The van der Waals surface area contributed by atoms with E-state index in [1.165, 1.54) is 28.4 Å². The summed E-state index contributed by atoms with van der Waals surface area (Å²) in [4.78, 5) is 0. The van der Waals surface area contributed by atoms with Gasteiger partial charge in [-0.2, -0.15) is 0 Å². The first kappa shape index (κ1) is 14.7. The van der Waals surface area contributed by atoms with Crippen molar-refractivity contribution >= 4 is 15.9 Å². The summed E-state index contributed by atoms with van der Waals surface area (Å²) in [7, 11) is 0. The van der Waals surface area contributed by atoms with Crippen LogP contribution in [0.15, 0.2) is 22.7 Å². The normalized spacial score (nSPS) is 12.7. The zero-order valence-electron chi connectivity index (χ0n) is 11.0. The molecule has 1 aromatic rings. The summed E-state index contributed by atoms with van der Waals surface area (Å²) in [5.41, 5.74) is 8.81. The maximum atomic E-state index is 6.01. The van der Waals surface area contributed by atoms with Crippen molar-refractivity contribution in [1.82, 2.24) is 0 Å². The molecule has 0 amide bonds. The summed E-state index contributed by atoms with van der Waals surface area (Å²) in [6, 6.07) is 7.11. The second kappa shape index (κ2) is 7.88. The van der Waals surface area contributed by atoms with E-state index in [1.807, 2.05) is 0 Å². The van der Waals surface area contributed by atoms with Crippen LogP contribution in [-0.2, 0) is 12.8 Å². The first-order valence-electron chi connectivity index (χ1n) is 6.70. The predicted molar refractivity (Wildman–Crippen MR) is 79.3 cm³/mol. The van der Waals surface area contributed by atoms with Crippen LogP contribution >= 0.6 is 15.9 Å². The molecule has 1 atom stereocenters. The second-order valence-electron chi connectivity index (χ2n) is 4.72. The van der Waals surface area contributed by atoms with E-state index < -0.39 is 0 Å². The molecule has 1 rings (SSSR count). The molecule has 2 N–H and O–H groups in total. The number of halogens is 1. The third kappa shape index (κ3) is 5.22. The minimum absolute atomic E-state index is 0.387. The molecule has 0 bridgehead atoms. The monoisotopic (exact) mass is 297 g/mol. The highest BCUT2D eigenvalue weighted by Gasteiger charge is 2.03. The highest BCUT2D eigenvalue weighted by molar-refractivity contribution is 9.10. The standard InChI is InChI=1S/C15H24BrN/c1-3-6-14(17)8-5-7-12-9-10-13(4-2)15(16)11-12/h9-11,14H,3-8,17H2,1-2H3. The Balaban J connectivity index is 2.39. The van der Waals surface area contributed by atoms with Crippen LogP contribution in [0.1, 0.15) is 50.7 Å². The molecule has 0 radical (unpaired) electrons. The Morgan fingerprint density at radius 3 is 2.59 bits per heavy atom. The highest BCUT2D eigenvalue weighted by Crippen LogP contribution is 2.20. The molecule has 0 aromatic heterocycles. The summed E-state index contributed by atoms with van der Waals surface area (Å²) in [5, 5.41) is 0. The summed E-state index contributed by atoms with van der Waals surface area (Å²) < 4.78 is 1.25. The molecule has 1 aromatic carbocycles. The molecule has 0 aliphatic rings. The van der Waals surface area contributed by atoms with Crippen molar-refractivity contribution in [2.24, 2.45) is 5.73 Å². The SMILES string of the molecule is CCCC(N)CCCc1ccc(CC)c(Br)c1. The Hall–Kier alpha value is -0.340. The van der Waals surface area contributed by atoms with E-state index in [-0.39, 0.29) is 0 Å². The maximum Gasteiger partial charge on any atom is 0.0209 e. The Bertz CT molecular complexity index is 336. The molecule has 0 aliphatic heterocycles. The van der Waals surface area contributed by atoms with Crippen molar-refractivity contribution < 1.29 is 0 Å². The minimum Gasteiger partial charge on any atom is -0.328 e. The topological polar surface area (TPSA) is 26.0 Å². The smallest absolute Gasteiger partial charge is 0.0209 e. The number of benzene rings is 1. The molecule has 2 heteroatoms. The van der Waals surface area contributed by atoms with Crippen molar-refractivity contribution in [3.63, 3.8) is 0 Å². The number of aryl methyl sites for hydroxylation is 2. The molecular formula is C15H24BrN. The van der Waals surface area contributed by atoms with E-state index in [0.717, 1.165) is 25.7 Å². The van der Waals surface area contributed by atoms with E-state index in [0.29, 0.717) is 6.04 Å². The van der Waals surface area contributed by atoms with Gasteiger partial charge in [-0.1, -0.05) is 48.3 Å². The Labute approximate surface area is 114 Å². The molecular weight excluding hydrogens is 274 g/mol. The van der Waals surface area contributed by atoms with Crippen molar-refractivity contribution in [1.29, 1.82) is 0 Å². The minimum atomic E-state index is 0.387. The van der Waals surface area contributed by atoms with Gasteiger partial charge in [0.25, 0.3) is 0 Å². The van der Waals surface area contributed by atoms with Crippen molar-refractivity contribution in [3.05, 3.63) is 33.8 Å². The van der Waals surface area contributed by atoms with Gasteiger partial charge in [0.15, 0.2) is 0 Å². The number of hydrogen-bond acceptors (Lipinski definition) is 1. The zero-order valence-corrected chi connectivity index (χ0v) is 12.6. The lowest BCUT2D eigenvalue weighted by Crippen LogP contribution is -2.19. The lowest BCUT2D eigenvalue weighted by molar-refractivity contribution is 0.539. The van der Waals surface area contributed by atoms with Crippen molar-refractivity contribution in [3.8, 4) is 0 Å². The van der Waals surface area contributed by atoms with Gasteiger partial charge < -0.3 is 5.73 Å². The fourth-order valence-corrected chi connectivity index (χ4v) is 2.82. The molecule has 0 spiro atoms. The van der Waals surface area contributed by atoms with Gasteiger partial charge in [-0.25, -0.2) is 0 Å².